The lowest BCUT2D eigenvalue weighted by molar-refractivity contribution is 0.608. The molecule has 7 aromatic carbocycles. The predicted octanol–water partition coefficient (Wildman–Crippen LogP) is 13.4. The highest BCUT2D eigenvalue weighted by atomic mass is 32.2. The first-order valence-corrected chi connectivity index (χ1v) is 20.0. The lowest BCUT2D eigenvalue weighted by atomic mass is 9.72. The Balaban J connectivity index is 1.05. The summed E-state index contributed by atoms with van der Waals surface area (Å²) >= 11 is 1.85. The maximum Gasteiger partial charge on any atom is 0.164 e. The van der Waals surface area contributed by atoms with Gasteiger partial charge in [-0.2, -0.15) is 0 Å². The van der Waals surface area contributed by atoms with Crippen LogP contribution in [-0.4, -0.2) is 15.0 Å². The molecule has 2 aliphatic heterocycles. The smallest absolute Gasteiger partial charge is 0.164 e. The fourth-order valence-corrected chi connectivity index (χ4v) is 9.83. The Bertz CT molecular complexity index is 2720. The summed E-state index contributed by atoms with van der Waals surface area (Å²) in [5.41, 5.74) is 13.8. The van der Waals surface area contributed by atoms with Gasteiger partial charge in [0.15, 0.2) is 17.5 Å². The van der Waals surface area contributed by atoms with E-state index in [1.165, 1.54) is 60.2 Å². The summed E-state index contributed by atoms with van der Waals surface area (Å²) in [6.45, 7) is 9.41. The molecule has 10 rings (SSSR count). The van der Waals surface area contributed by atoms with Crippen LogP contribution in [0.15, 0.2) is 180 Å². The first kappa shape index (κ1) is 34.2. The highest BCUT2D eigenvalue weighted by molar-refractivity contribution is 7.99. The van der Waals surface area contributed by atoms with Gasteiger partial charge in [0.2, 0.25) is 0 Å². The molecule has 0 radical (unpaired) electrons. The summed E-state index contributed by atoms with van der Waals surface area (Å²) in [7, 11) is 0. The van der Waals surface area contributed by atoms with Gasteiger partial charge in [-0.1, -0.05) is 155 Å². The van der Waals surface area contributed by atoms with Gasteiger partial charge in [0.05, 0.1) is 11.4 Å². The molecule has 0 saturated heterocycles. The normalized spacial score (nSPS) is 14.6. The summed E-state index contributed by atoms with van der Waals surface area (Å²) in [4.78, 5) is 20.0. The lowest BCUT2D eigenvalue weighted by Gasteiger charge is -2.42. The number of para-hydroxylation sites is 2. The second-order valence-electron chi connectivity index (χ2n) is 15.7. The van der Waals surface area contributed by atoms with Crippen LogP contribution in [0.25, 0.3) is 45.3 Å². The quantitative estimate of drug-likeness (QED) is 0.176. The molecule has 0 saturated carbocycles. The fourth-order valence-electron chi connectivity index (χ4n) is 8.47. The molecule has 1 aromatic heterocycles. The second kappa shape index (κ2) is 13.2. The molecular formula is C51H40N4S. The Morgan fingerprint density at radius 1 is 0.375 bits per heavy atom. The minimum atomic E-state index is -0.268. The zero-order valence-electron chi connectivity index (χ0n) is 31.9. The van der Waals surface area contributed by atoms with Gasteiger partial charge in [-0.25, -0.2) is 15.0 Å². The molecule has 8 aromatic rings. The van der Waals surface area contributed by atoms with Gasteiger partial charge in [-0.3, -0.25) is 0 Å². The highest BCUT2D eigenvalue weighted by Crippen LogP contribution is 2.54. The first-order chi connectivity index (χ1) is 27.3. The number of benzene rings is 7. The van der Waals surface area contributed by atoms with Gasteiger partial charge >= 0.3 is 0 Å². The Kier molecular flexibility index (Phi) is 8.05. The van der Waals surface area contributed by atoms with Gasteiger partial charge in [0, 0.05) is 43.0 Å². The van der Waals surface area contributed by atoms with Gasteiger partial charge in [-0.05, 0) is 88.0 Å². The Hall–Kier alpha value is -6.30. The molecule has 0 amide bonds. The van der Waals surface area contributed by atoms with Crippen molar-refractivity contribution in [2.24, 2.45) is 0 Å². The van der Waals surface area contributed by atoms with Crippen molar-refractivity contribution in [2.45, 2.75) is 48.3 Å². The molecular weight excluding hydrogens is 701 g/mol. The van der Waals surface area contributed by atoms with Crippen LogP contribution in [0.1, 0.15) is 49.9 Å². The van der Waals surface area contributed by atoms with E-state index in [0.29, 0.717) is 17.5 Å². The number of aromatic nitrogens is 3. The predicted molar refractivity (Wildman–Crippen MR) is 231 cm³/mol. The highest BCUT2D eigenvalue weighted by Gasteiger charge is 2.38. The van der Waals surface area contributed by atoms with E-state index in [-0.39, 0.29) is 10.8 Å². The molecule has 56 heavy (non-hydrogen) atoms. The van der Waals surface area contributed by atoms with E-state index < -0.39 is 0 Å². The van der Waals surface area contributed by atoms with Crippen LogP contribution < -0.4 is 4.90 Å². The number of hydrogen-bond acceptors (Lipinski definition) is 5. The average molecular weight is 741 g/mol. The molecule has 0 spiro atoms. The SMILES string of the molecule is CC1(C)c2cc(-c3ccc4c(c3)C(C)(C)c3ccccc3N4c3ccccc3)ccc2Sc2ccc(-c3nc(-c4ccccc4)nc(-c4ccccc4)n3)cc21. The summed E-state index contributed by atoms with van der Waals surface area (Å²) in [5.74, 6) is 2.00. The maximum atomic E-state index is 5.05. The lowest BCUT2D eigenvalue weighted by Crippen LogP contribution is -2.30. The van der Waals surface area contributed by atoms with Crippen LogP contribution in [0.3, 0.4) is 0 Å². The monoisotopic (exact) mass is 740 g/mol. The van der Waals surface area contributed by atoms with E-state index in [1.807, 2.05) is 48.2 Å². The van der Waals surface area contributed by atoms with Crippen molar-refractivity contribution in [3.63, 3.8) is 0 Å². The van der Waals surface area contributed by atoms with E-state index >= 15 is 0 Å². The van der Waals surface area contributed by atoms with Crippen LogP contribution in [-0.2, 0) is 10.8 Å². The van der Waals surface area contributed by atoms with Crippen LogP contribution in [0.4, 0.5) is 17.1 Å². The van der Waals surface area contributed by atoms with E-state index in [9.17, 15) is 0 Å². The minimum Gasteiger partial charge on any atom is -0.310 e. The zero-order valence-corrected chi connectivity index (χ0v) is 32.7. The number of rotatable bonds is 5. The van der Waals surface area contributed by atoms with Gasteiger partial charge in [0.25, 0.3) is 0 Å². The molecule has 0 fully saturated rings. The molecule has 5 heteroatoms. The Morgan fingerprint density at radius 3 is 1.41 bits per heavy atom. The molecule has 0 aliphatic carbocycles. The topological polar surface area (TPSA) is 41.9 Å². The number of nitrogens with zero attached hydrogens (tertiary/aromatic N) is 4. The van der Waals surface area contributed by atoms with E-state index in [0.717, 1.165) is 16.7 Å². The van der Waals surface area contributed by atoms with Crippen molar-refractivity contribution >= 4 is 28.8 Å². The van der Waals surface area contributed by atoms with Crippen LogP contribution in [0.5, 0.6) is 0 Å². The second-order valence-corrected chi connectivity index (χ2v) is 16.8. The number of hydrogen-bond donors (Lipinski definition) is 0. The number of fused-ring (bicyclic) bond motifs is 4. The van der Waals surface area contributed by atoms with E-state index in [1.54, 1.807) is 0 Å². The molecule has 2 aliphatic rings. The van der Waals surface area contributed by atoms with Crippen molar-refractivity contribution in [1.29, 1.82) is 0 Å². The van der Waals surface area contributed by atoms with Crippen LogP contribution in [0, 0.1) is 0 Å². The van der Waals surface area contributed by atoms with Crippen LogP contribution in [0.2, 0.25) is 0 Å². The Labute approximate surface area is 333 Å². The third-order valence-electron chi connectivity index (χ3n) is 11.6. The van der Waals surface area contributed by atoms with Crippen molar-refractivity contribution in [2.75, 3.05) is 4.90 Å². The first-order valence-electron chi connectivity index (χ1n) is 19.2. The largest absolute Gasteiger partial charge is 0.310 e. The maximum absolute atomic E-state index is 5.05. The summed E-state index contributed by atoms with van der Waals surface area (Å²) < 4.78 is 0. The average Bonchev–Trinajstić information content (AvgIpc) is 3.24. The summed E-state index contributed by atoms with van der Waals surface area (Å²) in [5, 5.41) is 0. The van der Waals surface area contributed by atoms with E-state index in [2.05, 4.69) is 166 Å². The summed E-state index contributed by atoms with van der Waals surface area (Å²) in [6, 6.07) is 60.7. The molecule has 0 unspecified atom stereocenters. The summed E-state index contributed by atoms with van der Waals surface area (Å²) in [6.07, 6.45) is 0. The molecule has 0 N–H and O–H groups in total. The van der Waals surface area contributed by atoms with Gasteiger partial charge < -0.3 is 4.90 Å². The molecule has 4 nitrogen and oxygen atoms in total. The van der Waals surface area contributed by atoms with Gasteiger partial charge in [-0.15, -0.1) is 0 Å². The minimum absolute atomic E-state index is 0.179. The molecule has 0 bridgehead atoms. The third kappa shape index (κ3) is 5.65. The Morgan fingerprint density at radius 2 is 0.804 bits per heavy atom. The molecule has 0 atom stereocenters. The van der Waals surface area contributed by atoms with Crippen molar-refractivity contribution in [3.8, 4) is 45.3 Å². The standard InChI is InChI=1S/C51H40N4S/c1-50(2)39-22-14-15-23-43(39)55(38-20-12-7-13-21-38)44-27-24-35(30-40(44)50)36-25-28-45-41(31-36)51(3,4)42-32-37(26-29-46(42)56-45)49-53-47(33-16-8-5-9-17-33)52-48(54-49)34-18-10-6-11-19-34/h5-32H,1-4H3. The van der Waals surface area contributed by atoms with Crippen LogP contribution >= 0.6 is 11.8 Å². The van der Waals surface area contributed by atoms with Gasteiger partial charge in [0.1, 0.15) is 0 Å². The van der Waals surface area contributed by atoms with Crippen molar-refractivity contribution in [1.82, 2.24) is 15.0 Å². The molecule has 270 valence electrons. The fraction of sp³-hybridized carbons (Fsp3) is 0.118. The zero-order chi connectivity index (χ0) is 38.0. The van der Waals surface area contributed by atoms with E-state index in [4.69, 9.17) is 15.0 Å². The molecule has 3 heterocycles. The number of anilines is 3. The van der Waals surface area contributed by atoms with Crippen molar-refractivity contribution < 1.29 is 0 Å². The van der Waals surface area contributed by atoms with Crippen molar-refractivity contribution in [3.05, 3.63) is 192 Å². The third-order valence-corrected chi connectivity index (χ3v) is 12.7.